The molecule has 0 aliphatic carbocycles. The topological polar surface area (TPSA) is 74.8 Å². The number of alkyl halides is 3. The van der Waals surface area contributed by atoms with Crippen molar-refractivity contribution < 1.29 is 18.0 Å². The second kappa shape index (κ2) is 6.55. The first-order valence-corrected chi connectivity index (χ1v) is 8.52. The maximum absolute atomic E-state index is 12.7. The zero-order chi connectivity index (χ0) is 18.2. The van der Waals surface area contributed by atoms with Crippen molar-refractivity contribution in [3.8, 4) is 0 Å². The van der Waals surface area contributed by atoms with Gasteiger partial charge in [-0.15, -0.1) is 0 Å². The minimum Gasteiger partial charge on any atom is -0.310 e. The number of H-pyrrole nitrogens is 1. The molecule has 2 N–H and O–H groups in total. The van der Waals surface area contributed by atoms with Crippen LogP contribution in [0.2, 0.25) is 0 Å². The minimum absolute atomic E-state index is 0.0244. The zero-order valence-electron chi connectivity index (χ0n) is 13.1. The fourth-order valence-corrected chi connectivity index (χ4v) is 3.34. The highest BCUT2D eigenvalue weighted by Gasteiger charge is 2.33. The van der Waals surface area contributed by atoms with Gasteiger partial charge in [0.05, 0.1) is 11.1 Å². The summed E-state index contributed by atoms with van der Waals surface area (Å²) in [5.74, 6) is -0.107. The summed E-state index contributed by atoms with van der Waals surface area (Å²) < 4.78 is 38.1. The van der Waals surface area contributed by atoms with Crippen LogP contribution in [0.4, 0.5) is 19.0 Å². The predicted octanol–water partition coefficient (Wildman–Crippen LogP) is 3.37. The number of fused-ring (bicyclic) bond motifs is 1. The normalized spacial score (nSPS) is 17.1. The summed E-state index contributed by atoms with van der Waals surface area (Å²) in [4.78, 5) is 31.3. The van der Waals surface area contributed by atoms with Crippen LogP contribution in [-0.4, -0.2) is 21.6 Å². The molecule has 1 aliphatic heterocycles. The second-order valence-corrected chi connectivity index (χ2v) is 6.74. The van der Waals surface area contributed by atoms with Crippen LogP contribution in [0, 0.1) is 0 Å². The number of hydrogen-bond acceptors (Lipinski definition) is 4. The van der Waals surface area contributed by atoms with E-state index in [1.54, 1.807) is 0 Å². The number of anilines is 1. The van der Waals surface area contributed by atoms with Gasteiger partial charge in [0, 0.05) is 12.3 Å². The lowest BCUT2D eigenvalue weighted by Gasteiger charge is -2.24. The summed E-state index contributed by atoms with van der Waals surface area (Å²) in [6.07, 6.45) is -4.46. The highest BCUT2D eigenvalue weighted by Crippen LogP contribution is 2.36. The van der Waals surface area contributed by atoms with Crippen LogP contribution in [-0.2, 0) is 11.0 Å². The van der Waals surface area contributed by atoms with Crippen molar-refractivity contribution in [1.29, 1.82) is 0 Å². The Labute approximate surface area is 145 Å². The van der Waals surface area contributed by atoms with Crippen molar-refractivity contribution in [2.45, 2.75) is 30.6 Å². The number of benzene rings is 1. The van der Waals surface area contributed by atoms with Gasteiger partial charge >= 0.3 is 6.18 Å². The van der Waals surface area contributed by atoms with E-state index in [1.807, 2.05) is 6.92 Å². The summed E-state index contributed by atoms with van der Waals surface area (Å²) in [6, 6.07) is 4.49. The fourth-order valence-electron chi connectivity index (χ4n) is 2.74. The summed E-state index contributed by atoms with van der Waals surface area (Å²) >= 11 is 1.32. The average molecular weight is 369 g/mol. The number of aromatic nitrogens is 2. The van der Waals surface area contributed by atoms with Gasteiger partial charge in [0.25, 0.3) is 5.56 Å². The van der Waals surface area contributed by atoms with Crippen molar-refractivity contribution in [2.75, 3.05) is 11.1 Å². The van der Waals surface area contributed by atoms with Crippen molar-refractivity contribution in [1.82, 2.24) is 9.97 Å². The van der Waals surface area contributed by atoms with Crippen molar-refractivity contribution in [3.63, 3.8) is 0 Å². The standard InChI is InChI=1S/C16H14F3N3O2S/c1-2-25-15-21-13-12(14(24)22-15)10(7-11(23)20-13)8-3-5-9(6-4-8)16(17,18)19/h3-6,10H,2,7H2,1H3,(H2,20,21,22,23,24)/t10-/m1/s1. The van der Waals surface area contributed by atoms with Crippen molar-refractivity contribution in [2.24, 2.45) is 0 Å². The lowest BCUT2D eigenvalue weighted by Crippen LogP contribution is -2.31. The van der Waals surface area contributed by atoms with Crippen molar-refractivity contribution >= 4 is 23.5 Å². The molecule has 25 heavy (non-hydrogen) atoms. The molecule has 2 aromatic rings. The third-order valence-corrected chi connectivity index (χ3v) is 4.61. The first-order valence-electron chi connectivity index (χ1n) is 7.53. The van der Waals surface area contributed by atoms with E-state index in [9.17, 15) is 22.8 Å². The smallest absolute Gasteiger partial charge is 0.310 e. The van der Waals surface area contributed by atoms with E-state index >= 15 is 0 Å². The third-order valence-electron chi connectivity index (χ3n) is 3.85. The van der Waals surface area contributed by atoms with Crippen LogP contribution in [0.5, 0.6) is 0 Å². The number of hydrogen-bond donors (Lipinski definition) is 2. The largest absolute Gasteiger partial charge is 0.416 e. The number of carbonyl (C=O) groups excluding carboxylic acids is 1. The van der Waals surface area contributed by atoms with Crippen LogP contribution in [0.15, 0.2) is 34.2 Å². The predicted molar refractivity (Wildman–Crippen MR) is 87.8 cm³/mol. The summed E-state index contributed by atoms with van der Waals surface area (Å²) in [7, 11) is 0. The van der Waals surface area contributed by atoms with Gasteiger partial charge in [0.15, 0.2) is 5.16 Å². The molecule has 1 aromatic heterocycles. The molecule has 0 unspecified atom stereocenters. The highest BCUT2D eigenvalue weighted by molar-refractivity contribution is 7.99. The summed E-state index contributed by atoms with van der Waals surface area (Å²) in [5, 5.41) is 2.96. The number of rotatable bonds is 3. The van der Waals surface area contributed by atoms with Crippen LogP contribution >= 0.6 is 11.8 Å². The lowest BCUT2D eigenvalue weighted by atomic mass is 9.86. The summed E-state index contributed by atoms with van der Waals surface area (Å²) in [6.45, 7) is 1.90. The second-order valence-electron chi connectivity index (χ2n) is 5.49. The van der Waals surface area contributed by atoms with Gasteiger partial charge < -0.3 is 10.3 Å². The Morgan fingerprint density at radius 1 is 1.24 bits per heavy atom. The highest BCUT2D eigenvalue weighted by atomic mass is 32.2. The van der Waals surface area contributed by atoms with E-state index < -0.39 is 23.2 Å². The molecule has 2 heterocycles. The molecule has 5 nitrogen and oxygen atoms in total. The van der Waals surface area contributed by atoms with E-state index in [1.165, 1.54) is 23.9 Å². The van der Waals surface area contributed by atoms with Crippen LogP contribution in [0.3, 0.4) is 0 Å². The Morgan fingerprint density at radius 3 is 2.52 bits per heavy atom. The van der Waals surface area contributed by atoms with E-state index in [4.69, 9.17) is 0 Å². The fraction of sp³-hybridized carbons (Fsp3) is 0.312. The first kappa shape index (κ1) is 17.5. The number of carbonyl (C=O) groups is 1. The number of thioether (sulfide) groups is 1. The molecule has 1 aromatic carbocycles. The van der Waals surface area contributed by atoms with E-state index in [0.717, 1.165) is 12.1 Å². The first-order chi connectivity index (χ1) is 11.8. The lowest BCUT2D eigenvalue weighted by molar-refractivity contribution is -0.137. The molecule has 3 rings (SSSR count). The van der Waals surface area contributed by atoms with Crippen LogP contribution < -0.4 is 10.9 Å². The average Bonchev–Trinajstić information content (AvgIpc) is 2.53. The molecule has 0 bridgehead atoms. The molecule has 0 fully saturated rings. The van der Waals surface area contributed by atoms with E-state index in [0.29, 0.717) is 16.5 Å². The van der Waals surface area contributed by atoms with E-state index in [-0.39, 0.29) is 23.7 Å². The van der Waals surface area contributed by atoms with Crippen molar-refractivity contribution in [3.05, 3.63) is 51.3 Å². The number of amides is 1. The van der Waals surface area contributed by atoms with Gasteiger partial charge in [-0.25, -0.2) is 4.98 Å². The molecule has 0 spiro atoms. The van der Waals surface area contributed by atoms with Gasteiger partial charge in [-0.05, 0) is 23.4 Å². The van der Waals surface area contributed by atoms with Gasteiger partial charge in [-0.2, -0.15) is 13.2 Å². The van der Waals surface area contributed by atoms with Gasteiger partial charge in [0.1, 0.15) is 5.82 Å². The molecular weight excluding hydrogens is 355 g/mol. The maximum Gasteiger partial charge on any atom is 0.416 e. The molecule has 1 atom stereocenters. The van der Waals surface area contributed by atoms with E-state index in [2.05, 4.69) is 15.3 Å². The molecule has 0 saturated heterocycles. The van der Waals surface area contributed by atoms with Gasteiger partial charge in [-0.1, -0.05) is 30.8 Å². The Bertz CT molecular complexity index is 862. The molecule has 132 valence electrons. The Kier molecular flexibility index (Phi) is 4.59. The third kappa shape index (κ3) is 3.55. The molecule has 0 radical (unpaired) electrons. The van der Waals surface area contributed by atoms with Crippen LogP contribution in [0.25, 0.3) is 0 Å². The Balaban J connectivity index is 2.05. The number of nitrogens with one attached hydrogen (secondary N) is 2. The Hall–Kier alpha value is -2.29. The number of nitrogens with zero attached hydrogens (tertiary/aromatic N) is 1. The quantitative estimate of drug-likeness (QED) is 0.643. The number of halogens is 3. The molecule has 1 aliphatic rings. The van der Waals surface area contributed by atoms with Gasteiger partial charge in [0.2, 0.25) is 5.91 Å². The van der Waals surface area contributed by atoms with Gasteiger partial charge in [-0.3, -0.25) is 9.59 Å². The monoisotopic (exact) mass is 369 g/mol. The molecule has 0 saturated carbocycles. The minimum atomic E-state index is -4.44. The summed E-state index contributed by atoms with van der Waals surface area (Å²) in [5.41, 5.74) is -0.448. The number of aromatic amines is 1. The SMILES string of the molecule is CCSc1nc2c(c(=O)[nH]1)[C@@H](c1ccc(C(F)(F)F)cc1)CC(=O)N2. The van der Waals surface area contributed by atoms with Crippen LogP contribution in [0.1, 0.15) is 36.0 Å². The molecular formula is C16H14F3N3O2S. The maximum atomic E-state index is 12.7. The molecule has 1 amide bonds. The molecule has 9 heteroatoms. The zero-order valence-corrected chi connectivity index (χ0v) is 13.9. The Morgan fingerprint density at radius 2 is 1.92 bits per heavy atom.